The molecule has 2 N–H and O–H groups in total. The van der Waals surface area contributed by atoms with Crippen molar-refractivity contribution in [2.75, 3.05) is 12.4 Å². The number of aryl methyl sites for hydroxylation is 1. The Balaban J connectivity index is 1.91. The van der Waals surface area contributed by atoms with Crippen LogP contribution in [0.15, 0.2) is 23.1 Å². The molecule has 0 saturated carbocycles. The molecule has 1 saturated heterocycles. The summed E-state index contributed by atoms with van der Waals surface area (Å²) >= 11 is 1.89. The van der Waals surface area contributed by atoms with Crippen LogP contribution in [0.4, 0.5) is 0 Å². The van der Waals surface area contributed by atoms with Crippen LogP contribution in [0.25, 0.3) is 0 Å². The van der Waals surface area contributed by atoms with Crippen molar-refractivity contribution in [3.63, 3.8) is 0 Å². The molecule has 1 fully saturated rings. The van der Waals surface area contributed by atoms with Crippen molar-refractivity contribution in [2.24, 2.45) is 5.73 Å². The summed E-state index contributed by atoms with van der Waals surface area (Å²) in [6, 6.07) is 6.52. The number of thioether (sulfide) groups is 1. The van der Waals surface area contributed by atoms with E-state index in [1.807, 2.05) is 11.8 Å². The van der Waals surface area contributed by atoms with Gasteiger partial charge in [-0.15, -0.1) is 11.8 Å². The molecule has 2 rings (SSSR count). The molecular weight excluding hydrogens is 218 g/mol. The molecule has 0 aromatic heterocycles. The SMILES string of the molecule is Cc1cc(SCC2CCCO2)ccc1CN. The Morgan fingerprint density at radius 1 is 1.50 bits per heavy atom. The van der Waals surface area contributed by atoms with E-state index in [2.05, 4.69) is 25.1 Å². The Morgan fingerprint density at radius 3 is 3.00 bits per heavy atom. The first-order valence-corrected chi connectivity index (χ1v) is 6.82. The van der Waals surface area contributed by atoms with Gasteiger partial charge in [-0.05, 0) is 43.0 Å². The van der Waals surface area contributed by atoms with Crippen LogP contribution in [0, 0.1) is 6.92 Å². The maximum Gasteiger partial charge on any atom is 0.0669 e. The summed E-state index contributed by atoms with van der Waals surface area (Å²) in [4.78, 5) is 1.32. The third-order valence-electron chi connectivity index (χ3n) is 2.99. The third-order valence-corrected chi connectivity index (χ3v) is 4.12. The van der Waals surface area contributed by atoms with Crippen LogP contribution in [0.3, 0.4) is 0 Å². The molecule has 1 unspecified atom stereocenters. The van der Waals surface area contributed by atoms with Gasteiger partial charge in [0.1, 0.15) is 0 Å². The summed E-state index contributed by atoms with van der Waals surface area (Å²) in [7, 11) is 0. The molecule has 3 heteroatoms. The number of rotatable bonds is 4. The van der Waals surface area contributed by atoms with Gasteiger partial charge in [0, 0.05) is 23.8 Å². The first kappa shape index (κ1) is 12.0. The van der Waals surface area contributed by atoms with E-state index in [0.717, 1.165) is 12.4 Å². The summed E-state index contributed by atoms with van der Waals surface area (Å²) in [6.45, 7) is 3.69. The molecule has 1 aromatic carbocycles. The highest BCUT2D eigenvalue weighted by atomic mass is 32.2. The summed E-state index contributed by atoms with van der Waals surface area (Å²) in [6.07, 6.45) is 2.89. The smallest absolute Gasteiger partial charge is 0.0669 e. The lowest BCUT2D eigenvalue weighted by Gasteiger charge is -2.10. The van der Waals surface area contributed by atoms with Gasteiger partial charge < -0.3 is 10.5 Å². The predicted octanol–water partition coefficient (Wildman–Crippen LogP) is 2.72. The first-order chi connectivity index (χ1) is 7.79. The van der Waals surface area contributed by atoms with Gasteiger partial charge in [-0.25, -0.2) is 0 Å². The van der Waals surface area contributed by atoms with Crippen LogP contribution < -0.4 is 5.73 Å². The number of ether oxygens (including phenoxy) is 1. The lowest BCUT2D eigenvalue weighted by Crippen LogP contribution is -2.07. The molecule has 1 heterocycles. The normalized spacial score (nSPS) is 20.2. The topological polar surface area (TPSA) is 35.2 Å². The number of nitrogens with two attached hydrogens (primary N) is 1. The van der Waals surface area contributed by atoms with Crippen molar-refractivity contribution in [3.8, 4) is 0 Å². The zero-order valence-corrected chi connectivity index (χ0v) is 10.6. The summed E-state index contributed by atoms with van der Waals surface area (Å²) in [5.41, 5.74) is 8.18. The zero-order valence-electron chi connectivity index (χ0n) is 9.74. The fourth-order valence-electron chi connectivity index (χ4n) is 1.95. The maximum atomic E-state index is 5.65. The third kappa shape index (κ3) is 3.00. The molecule has 16 heavy (non-hydrogen) atoms. The summed E-state index contributed by atoms with van der Waals surface area (Å²) in [5, 5.41) is 0. The largest absolute Gasteiger partial charge is 0.377 e. The van der Waals surface area contributed by atoms with Gasteiger partial charge in [0.25, 0.3) is 0 Å². The van der Waals surface area contributed by atoms with E-state index in [4.69, 9.17) is 10.5 Å². The Kier molecular flexibility index (Phi) is 4.27. The minimum Gasteiger partial charge on any atom is -0.377 e. The van der Waals surface area contributed by atoms with Crippen molar-refractivity contribution in [3.05, 3.63) is 29.3 Å². The van der Waals surface area contributed by atoms with Gasteiger partial charge in [0.15, 0.2) is 0 Å². The minimum absolute atomic E-state index is 0.458. The van der Waals surface area contributed by atoms with Crippen LogP contribution in [0.1, 0.15) is 24.0 Å². The van der Waals surface area contributed by atoms with E-state index in [-0.39, 0.29) is 0 Å². The molecule has 0 aliphatic carbocycles. The molecule has 0 spiro atoms. The number of hydrogen-bond donors (Lipinski definition) is 1. The average Bonchev–Trinajstić information content (AvgIpc) is 2.79. The van der Waals surface area contributed by atoms with E-state index in [9.17, 15) is 0 Å². The van der Waals surface area contributed by atoms with Gasteiger partial charge in [-0.2, -0.15) is 0 Å². The molecule has 1 atom stereocenters. The molecule has 1 aromatic rings. The number of hydrogen-bond acceptors (Lipinski definition) is 3. The minimum atomic E-state index is 0.458. The van der Waals surface area contributed by atoms with Gasteiger partial charge in [-0.1, -0.05) is 6.07 Å². The quantitative estimate of drug-likeness (QED) is 0.818. The van der Waals surface area contributed by atoms with Crippen LogP contribution in [-0.2, 0) is 11.3 Å². The predicted molar refractivity (Wildman–Crippen MR) is 68.8 cm³/mol. The van der Waals surface area contributed by atoms with E-state index >= 15 is 0 Å². The molecule has 0 radical (unpaired) electrons. The lowest BCUT2D eigenvalue weighted by atomic mass is 10.1. The summed E-state index contributed by atoms with van der Waals surface area (Å²) < 4.78 is 5.61. The molecule has 0 bridgehead atoms. The zero-order chi connectivity index (χ0) is 11.4. The van der Waals surface area contributed by atoms with E-state index < -0.39 is 0 Å². The second kappa shape index (κ2) is 5.71. The Bertz CT molecular complexity index is 348. The highest BCUT2D eigenvalue weighted by Gasteiger charge is 2.15. The second-order valence-electron chi connectivity index (χ2n) is 4.24. The molecule has 88 valence electrons. The van der Waals surface area contributed by atoms with E-state index in [1.54, 1.807) is 0 Å². The molecule has 1 aliphatic rings. The summed E-state index contributed by atoms with van der Waals surface area (Å²) in [5.74, 6) is 1.07. The van der Waals surface area contributed by atoms with Crippen molar-refractivity contribution in [2.45, 2.75) is 37.3 Å². The van der Waals surface area contributed by atoms with E-state index in [1.165, 1.54) is 28.9 Å². The van der Waals surface area contributed by atoms with Crippen LogP contribution in [0.2, 0.25) is 0 Å². The van der Waals surface area contributed by atoms with Gasteiger partial charge in [0.2, 0.25) is 0 Å². The molecule has 0 amide bonds. The van der Waals surface area contributed by atoms with Crippen molar-refractivity contribution < 1.29 is 4.74 Å². The van der Waals surface area contributed by atoms with Crippen LogP contribution in [-0.4, -0.2) is 18.5 Å². The lowest BCUT2D eigenvalue weighted by molar-refractivity contribution is 0.129. The highest BCUT2D eigenvalue weighted by Crippen LogP contribution is 2.25. The van der Waals surface area contributed by atoms with Crippen LogP contribution >= 0.6 is 11.8 Å². The fourth-order valence-corrected chi connectivity index (χ4v) is 3.02. The standard InChI is InChI=1S/C13H19NOS/c1-10-7-13(5-4-11(10)8-14)16-9-12-3-2-6-15-12/h4-5,7,12H,2-3,6,8-9,14H2,1H3. The van der Waals surface area contributed by atoms with Gasteiger partial charge in [-0.3, -0.25) is 0 Å². The maximum absolute atomic E-state index is 5.65. The fraction of sp³-hybridized carbons (Fsp3) is 0.538. The number of benzene rings is 1. The Labute approximate surface area is 102 Å². The second-order valence-corrected chi connectivity index (χ2v) is 5.33. The molecule has 2 nitrogen and oxygen atoms in total. The monoisotopic (exact) mass is 237 g/mol. The van der Waals surface area contributed by atoms with Gasteiger partial charge >= 0.3 is 0 Å². The molecular formula is C13H19NOS. The average molecular weight is 237 g/mol. The first-order valence-electron chi connectivity index (χ1n) is 5.83. The van der Waals surface area contributed by atoms with Crippen molar-refractivity contribution in [1.29, 1.82) is 0 Å². The van der Waals surface area contributed by atoms with Crippen molar-refractivity contribution in [1.82, 2.24) is 0 Å². The van der Waals surface area contributed by atoms with Crippen LogP contribution in [0.5, 0.6) is 0 Å². The Morgan fingerprint density at radius 2 is 2.38 bits per heavy atom. The Hall–Kier alpha value is -0.510. The van der Waals surface area contributed by atoms with Gasteiger partial charge in [0.05, 0.1) is 6.10 Å². The van der Waals surface area contributed by atoms with Crippen molar-refractivity contribution >= 4 is 11.8 Å². The van der Waals surface area contributed by atoms with E-state index in [0.29, 0.717) is 12.6 Å². The molecule has 1 aliphatic heterocycles. The highest BCUT2D eigenvalue weighted by molar-refractivity contribution is 7.99.